The van der Waals surface area contributed by atoms with E-state index in [4.69, 9.17) is 9.73 Å². The van der Waals surface area contributed by atoms with E-state index < -0.39 is 27.1 Å². The zero-order chi connectivity index (χ0) is 31.1. The molecule has 0 aliphatic carbocycles. The summed E-state index contributed by atoms with van der Waals surface area (Å²) in [7, 11) is -2.20. The van der Waals surface area contributed by atoms with E-state index in [1.165, 1.54) is 22.7 Å². The number of hydrogen-bond acceptors (Lipinski definition) is 12. The van der Waals surface area contributed by atoms with E-state index >= 15 is 0 Å². The van der Waals surface area contributed by atoms with Gasteiger partial charge >= 0.3 is 0 Å². The third kappa shape index (κ3) is 7.02. The molecule has 4 rings (SSSR count). The predicted molar refractivity (Wildman–Crippen MR) is 158 cm³/mol. The van der Waals surface area contributed by atoms with Crippen molar-refractivity contribution in [1.29, 1.82) is 0 Å². The Bertz CT molecular complexity index is 1450. The van der Waals surface area contributed by atoms with Crippen molar-refractivity contribution in [3.8, 4) is 5.75 Å². The first kappa shape index (κ1) is 32.0. The van der Waals surface area contributed by atoms with Gasteiger partial charge in [0.1, 0.15) is 5.75 Å². The molecule has 3 aliphatic heterocycles. The Morgan fingerprint density at radius 1 is 1.16 bits per heavy atom. The molecule has 234 valence electrons. The highest BCUT2D eigenvalue weighted by molar-refractivity contribution is 7.89. The molecule has 3 heterocycles. The minimum Gasteiger partial charge on any atom is -0.493 e. The average Bonchev–Trinajstić information content (AvgIpc) is 3.25. The topological polar surface area (TPSA) is 180 Å². The van der Waals surface area contributed by atoms with Gasteiger partial charge in [0.2, 0.25) is 10.0 Å². The maximum absolute atomic E-state index is 13.7. The Morgan fingerprint density at radius 3 is 2.56 bits per heavy atom. The van der Waals surface area contributed by atoms with E-state index in [9.17, 15) is 28.5 Å². The molecule has 1 unspecified atom stereocenters. The molecule has 1 aromatic carbocycles. The smallest absolute Gasteiger partial charge is 0.294 e. The Kier molecular flexibility index (Phi) is 10.5. The fourth-order valence-corrected chi connectivity index (χ4v) is 6.80. The third-order valence-electron chi connectivity index (χ3n) is 7.44. The second kappa shape index (κ2) is 14.1. The molecule has 0 saturated carbocycles. The third-order valence-corrected chi connectivity index (χ3v) is 9.33. The van der Waals surface area contributed by atoms with Gasteiger partial charge in [0, 0.05) is 45.3 Å². The van der Waals surface area contributed by atoms with Gasteiger partial charge in [-0.1, -0.05) is 25.4 Å². The maximum atomic E-state index is 13.7. The number of ether oxygens (including phenoxy) is 1. The zero-order valence-corrected chi connectivity index (χ0v) is 25.3. The van der Waals surface area contributed by atoms with Gasteiger partial charge in [-0.25, -0.2) is 13.4 Å². The monoisotopic (exact) mass is 619 g/mol. The van der Waals surface area contributed by atoms with Crippen LogP contribution in [-0.2, 0) is 19.7 Å². The van der Waals surface area contributed by atoms with Crippen molar-refractivity contribution in [3.05, 3.63) is 45.1 Å². The Hall–Kier alpha value is -3.89. The lowest BCUT2D eigenvalue weighted by Crippen LogP contribution is -2.48. The molecule has 1 saturated heterocycles. The molecule has 43 heavy (non-hydrogen) atoms. The number of likely N-dealkylation sites (N-methyl/N-ethyl adjacent to an activating group) is 1. The number of allylic oxidation sites excluding steroid dienone is 1. The number of fused-ring (bicyclic) bond motifs is 1. The SMILES string of the molecule is CCCOc1ccc(S(=O)(=O)N2CCN(CCCO[N+](=O)[O-])CC2)cc1C1=NC(=O)C2C(=N1)C(CCC)=C(/C=N/O)N2C. The van der Waals surface area contributed by atoms with Crippen molar-refractivity contribution < 1.29 is 33.1 Å². The van der Waals surface area contributed by atoms with Crippen molar-refractivity contribution >= 4 is 33.7 Å². The van der Waals surface area contributed by atoms with E-state index in [1.807, 2.05) is 18.7 Å². The quantitative estimate of drug-likeness (QED) is 0.106. The highest BCUT2D eigenvalue weighted by Gasteiger charge is 2.42. The number of piperazine rings is 1. The molecule has 1 atom stereocenters. The summed E-state index contributed by atoms with van der Waals surface area (Å²) in [5.74, 6) is -0.0429. The van der Waals surface area contributed by atoms with Gasteiger partial charge in [0.05, 0.1) is 41.3 Å². The number of amides is 1. The number of oxime groups is 1. The molecular formula is C27H37N7O8S. The molecule has 0 radical (unpaired) electrons. The van der Waals surface area contributed by atoms with Crippen LogP contribution in [0.1, 0.15) is 45.1 Å². The Labute approximate surface area is 250 Å². The van der Waals surface area contributed by atoms with Crippen LogP contribution in [0, 0.1) is 10.1 Å². The number of sulfonamides is 1. The van der Waals surface area contributed by atoms with Crippen LogP contribution in [0.2, 0.25) is 0 Å². The molecule has 0 aromatic heterocycles. The van der Waals surface area contributed by atoms with Gasteiger partial charge in [0.15, 0.2) is 11.9 Å². The van der Waals surface area contributed by atoms with Crippen LogP contribution < -0.4 is 4.74 Å². The van der Waals surface area contributed by atoms with Crippen molar-refractivity contribution in [2.75, 3.05) is 53.0 Å². The first-order chi connectivity index (χ1) is 20.6. The van der Waals surface area contributed by atoms with Crippen LogP contribution in [0.15, 0.2) is 49.5 Å². The number of rotatable bonds is 14. The van der Waals surface area contributed by atoms with Crippen molar-refractivity contribution in [2.45, 2.75) is 50.5 Å². The molecule has 16 heteroatoms. The van der Waals surface area contributed by atoms with Crippen LogP contribution in [0.25, 0.3) is 0 Å². The molecule has 1 fully saturated rings. The van der Waals surface area contributed by atoms with Gasteiger partial charge < -0.3 is 24.6 Å². The summed E-state index contributed by atoms with van der Waals surface area (Å²) >= 11 is 0. The molecule has 15 nitrogen and oxygen atoms in total. The van der Waals surface area contributed by atoms with Crippen LogP contribution in [0.4, 0.5) is 0 Å². The highest BCUT2D eigenvalue weighted by atomic mass is 32.2. The predicted octanol–water partition coefficient (Wildman–Crippen LogP) is 1.94. The van der Waals surface area contributed by atoms with E-state index in [0.29, 0.717) is 68.2 Å². The number of nitrogens with zero attached hydrogens (tertiary/aromatic N) is 7. The summed E-state index contributed by atoms with van der Waals surface area (Å²) in [5.41, 5.74) is 2.11. The minimum absolute atomic E-state index is 0.0135. The van der Waals surface area contributed by atoms with Crippen LogP contribution in [0.3, 0.4) is 0 Å². The fraction of sp³-hybridized carbons (Fsp3) is 0.556. The van der Waals surface area contributed by atoms with Crippen molar-refractivity contribution in [1.82, 2.24) is 14.1 Å². The molecule has 1 amide bonds. The lowest BCUT2D eigenvalue weighted by atomic mass is 10.00. The summed E-state index contributed by atoms with van der Waals surface area (Å²) in [6.45, 7) is 6.28. The van der Waals surface area contributed by atoms with E-state index in [-0.39, 0.29) is 30.4 Å². The number of carbonyl (C=O) groups excluding carboxylic acids is 1. The molecule has 1 N–H and O–H groups in total. The standard InChI is InChI=1S/C27H37N7O8S/c1-4-7-20-22(18-28-36)31(3)25-24(20)29-26(30-27(25)35)21-17-19(8-9-23(21)41-15-5-2)43(39,40)33-13-11-32(12-14-33)10-6-16-42-34(37)38/h8-9,17-18,25,36H,4-7,10-16H2,1-3H3/b28-18+. The van der Waals surface area contributed by atoms with Crippen LogP contribution >= 0.6 is 0 Å². The number of amidine groups is 1. The summed E-state index contributed by atoms with van der Waals surface area (Å²) in [6.07, 6.45) is 3.80. The van der Waals surface area contributed by atoms with E-state index in [1.54, 1.807) is 18.0 Å². The first-order valence-electron chi connectivity index (χ1n) is 14.2. The Balaban J connectivity index is 1.62. The van der Waals surface area contributed by atoms with E-state index in [2.05, 4.69) is 15.0 Å². The summed E-state index contributed by atoms with van der Waals surface area (Å²) in [5, 5.41) is 21.9. The molecule has 1 aromatic rings. The number of carbonyl (C=O) groups is 1. The van der Waals surface area contributed by atoms with Gasteiger partial charge in [0.25, 0.3) is 11.0 Å². The number of benzene rings is 1. The van der Waals surface area contributed by atoms with Crippen molar-refractivity contribution in [3.63, 3.8) is 0 Å². The molecular weight excluding hydrogens is 582 g/mol. The summed E-state index contributed by atoms with van der Waals surface area (Å²) in [6, 6.07) is 3.73. The van der Waals surface area contributed by atoms with Gasteiger partial charge in [-0.05, 0) is 37.5 Å². The Morgan fingerprint density at radius 2 is 1.91 bits per heavy atom. The normalized spacial score (nSPS) is 19.9. The van der Waals surface area contributed by atoms with Gasteiger partial charge in [-0.3, -0.25) is 4.79 Å². The van der Waals surface area contributed by atoms with Gasteiger partial charge in [-0.15, -0.1) is 10.1 Å². The van der Waals surface area contributed by atoms with Gasteiger partial charge in [-0.2, -0.15) is 9.30 Å². The summed E-state index contributed by atoms with van der Waals surface area (Å²) in [4.78, 5) is 40.8. The largest absolute Gasteiger partial charge is 0.493 e. The second-order valence-electron chi connectivity index (χ2n) is 10.3. The molecule has 0 bridgehead atoms. The first-order valence-corrected chi connectivity index (χ1v) is 15.7. The lowest BCUT2D eigenvalue weighted by molar-refractivity contribution is -0.757. The maximum Gasteiger partial charge on any atom is 0.294 e. The van der Waals surface area contributed by atoms with Crippen molar-refractivity contribution in [2.24, 2.45) is 15.1 Å². The summed E-state index contributed by atoms with van der Waals surface area (Å²) < 4.78 is 34.7. The fourth-order valence-electron chi connectivity index (χ4n) is 5.35. The zero-order valence-electron chi connectivity index (χ0n) is 24.5. The van der Waals surface area contributed by atoms with Crippen LogP contribution in [0.5, 0.6) is 5.75 Å². The molecule has 0 spiro atoms. The molecule has 3 aliphatic rings. The highest BCUT2D eigenvalue weighted by Crippen LogP contribution is 2.33. The van der Waals surface area contributed by atoms with Crippen LogP contribution in [-0.4, -0.2) is 116 Å². The second-order valence-corrected chi connectivity index (χ2v) is 12.2. The number of aliphatic imine (C=N–C) groups is 2. The minimum atomic E-state index is -3.91. The number of hydrogen-bond donors (Lipinski definition) is 1. The van der Waals surface area contributed by atoms with E-state index in [0.717, 1.165) is 12.0 Å². The average molecular weight is 620 g/mol. The lowest BCUT2D eigenvalue weighted by Gasteiger charge is -2.34.